The molecule has 0 fully saturated rings. The van der Waals surface area contributed by atoms with Crippen LogP contribution in [-0.4, -0.2) is 43.8 Å². The van der Waals surface area contributed by atoms with E-state index in [-0.39, 0.29) is 12.4 Å². The molecular weight excluding hydrogens is 226 g/mol. The van der Waals surface area contributed by atoms with Crippen LogP contribution in [0.1, 0.15) is 6.42 Å². The van der Waals surface area contributed by atoms with Crippen molar-refractivity contribution in [3.8, 4) is 11.8 Å². The van der Waals surface area contributed by atoms with Crippen molar-refractivity contribution < 1.29 is 19.0 Å². The zero-order valence-electron chi connectivity index (χ0n) is 10.0. The number of carbonyl (C=O) groups is 1. The number of hydrogen-bond acceptors (Lipinski definition) is 7. The maximum Gasteiger partial charge on any atom is 0.307 e. The van der Waals surface area contributed by atoms with E-state index in [0.717, 1.165) is 0 Å². The number of ether oxygens (including phenoxy) is 3. The van der Waals surface area contributed by atoms with E-state index in [9.17, 15) is 4.79 Å². The van der Waals surface area contributed by atoms with E-state index >= 15 is 0 Å². The average molecular weight is 241 g/mol. The quantitative estimate of drug-likeness (QED) is 0.725. The Morgan fingerprint density at radius 1 is 1.24 bits per heavy atom. The van der Waals surface area contributed by atoms with Gasteiger partial charge in [0, 0.05) is 6.54 Å². The Hall–Kier alpha value is -2.05. The van der Waals surface area contributed by atoms with Gasteiger partial charge < -0.3 is 19.5 Å². The Labute approximate surface area is 99.1 Å². The van der Waals surface area contributed by atoms with E-state index in [1.165, 1.54) is 21.3 Å². The molecule has 1 rings (SSSR count). The first-order valence-corrected chi connectivity index (χ1v) is 4.97. The van der Waals surface area contributed by atoms with Crippen molar-refractivity contribution in [1.29, 1.82) is 0 Å². The summed E-state index contributed by atoms with van der Waals surface area (Å²) in [6.45, 7) is 0.378. The van der Waals surface area contributed by atoms with Gasteiger partial charge in [-0.15, -0.1) is 0 Å². The van der Waals surface area contributed by atoms with Gasteiger partial charge in [0.25, 0.3) is 0 Å². The van der Waals surface area contributed by atoms with Gasteiger partial charge in [-0.2, -0.15) is 9.97 Å². The highest BCUT2D eigenvalue weighted by Crippen LogP contribution is 2.16. The second-order valence-corrected chi connectivity index (χ2v) is 3.03. The van der Waals surface area contributed by atoms with E-state index in [0.29, 0.717) is 24.3 Å². The first-order valence-electron chi connectivity index (χ1n) is 4.97. The molecule has 7 nitrogen and oxygen atoms in total. The Kier molecular flexibility index (Phi) is 4.99. The van der Waals surface area contributed by atoms with E-state index in [1.807, 2.05) is 0 Å². The van der Waals surface area contributed by atoms with Crippen molar-refractivity contribution >= 4 is 11.9 Å². The lowest BCUT2D eigenvalue weighted by molar-refractivity contribution is -0.140. The Balaban J connectivity index is 2.60. The topological polar surface area (TPSA) is 82.6 Å². The molecule has 0 spiro atoms. The third kappa shape index (κ3) is 4.13. The van der Waals surface area contributed by atoms with Crippen LogP contribution in [-0.2, 0) is 9.53 Å². The summed E-state index contributed by atoms with van der Waals surface area (Å²) in [6.07, 6.45) is 0.236. The fraction of sp³-hybridized carbons (Fsp3) is 0.500. The molecule has 0 bridgehead atoms. The molecule has 1 aromatic rings. The molecule has 0 aliphatic heterocycles. The second kappa shape index (κ2) is 6.51. The molecule has 0 aliphatic carbocycles. The molecular formula is C10H15N3O4. The zero-order valence-corrected chi connectivity index (χ0v) is 10.0. The van der Waals surface area contributed by atoms with Crippen molar-refractivity contribution in [2.45, 2.75) is 6.42 Å². The largest absolute Gasteiger partial charge is 0.481 e. The molecule has 0 saturated carbocycles. The number of aromatic nitrogens is 2. The first-order chi connectivity index (χ1) is 8.19. The van der Waals surface area contributed by atoms with Crippen molar-refractivity contribution in [3.63, 3.8) is 0 Å². The monoisotopic (exact) mass is 241 g/mol. The van der Waals surface area contributed by atoms with Crippen molar-refractivity contribution in [2.24, 2.45) is 0 Å². The molecule has 0 aliphatic rings. The molecule has 0 aromatic carbocycles. The molecule has 0 unspecified atom stereocenters. The van der Waals surface area contributed by atoms with Gasteiger partial charge in [0.2, 0.25) is 17.7 Å². The minimum atomic E-state index is -0.299. The Bertz CT molecular complexity index is 362. The number of hydrogen-bond donors (Lipinski definition) is 1. The summed E-state index contributed by atoms with van der Waals surface area (Å²) in [5, 5.41) is 2.88. The van der Waals surface area contributed by atoms with E-state index in [4.69, 9.17) is 9.47 Å². The lowest BCUT2D eigenvalue weighted by Gasteiger charge is -2.07. The van der Waals surface area contributed by atoms with Gasteiger partial charge in [0.15, 0.2) is 0 Å². The van der Waals surface area contributed by atoms with E-state index in [1.54, 1.807) is 6.07 Å². The summed E-state index contributed by atoms with van der Waals surface area (Å²) >= 11 is 0. The molecule has 1 heterocycles. The van der Waals surface area contributed by atoms with E-state index < -0.39 is 0 Å². The number of carbonyl (C=O) groups excluding carboxylic acids is 1. The van der Waals surface area contributed by atoms with Crippen LogP contribution >= 0.6 is 0 Å². The maximum atomic E-state index is 10.9. The van der Waals surface area contributed by atoms with Gasteiger partial charge in [-0.05, 0) is 0 Å². The van der Waals surface area contributed by atoms with Gasteiger partial charge in [0.1, 0.15) is 0 Å². The van der Waals surface area contributed by atoms with Gasteiger partial charge in [-0.25, -0.2) is 0 Å². The van der Waals surface area contributed by atoms with Crippen LogP contribution in [0.15, 0.2) is 6.07 Å². The van der Waals surface area contributed by atoms with Crippen molar-refractivity contribution in [2.75, 3.05) is 33.2 Å². The minimum Gasteiger partial charge on any atom is -0.481 e. The highest BCUT2D eigenvalue weighted by molar-refractivity contribution is 5.69. The van der Waals surface area contributed by atoms with Crippen LogP contribution in [0.25, 0.3) is 0 Å². The molecule has 0 saturated heterocycles. The van der Waals surface area contributed by atoms with Crippen LogP contribution in [0, 0.1) is 0 Å². The van der Waals surface area contributed by atoms with Crippen LogP contribution in [0.2, 0.25) is 0 Å². The normalized spacial score (nSPS) is 9.59. The Morgan fingerprint density at radius 2 is 1.82 bits per heavy atom. The van der Waals surface area contributed by atoms with Crippen LogP contribution in [0.5, 0.6) is 11.8 Å². The molecule has 94 valence electrons. The highest BCUT2D eigenvalue weighted by Gasteiger charge is 2.06. The molecule has 7 heteroatoms. The minimum absolute atomic E-state index is 0.236. The molecule has 1 aromatic heterocycles. The zero-order chi connectivity index (χ0) is 12.7. The Morgan fingerprint density at radius 3 is 2.29 bits per heavy atom. The number of rotatable bonds is 6. The molecule has 0 radical (unpaired) electrons. The maximum absolute atomic E-state index is 10.9. The van der Waals surface area contributed by atoms with Crippen LogP contribution in [0.4, 0.5) is 5.95 Å². The number of nitrogens with one attached hydrogen (secondary N) is 1. The molecule has 1 N–H and O–H groups in total. The summed E-state index contributed by atoms with van der Waals surface area (Å²) in [4.78, 5) is 19.0. The molecule has 0 amide bonds. The van der Waals surface area contributed by atoms with E-state index in [2.05, 4.69) is 20.0 Å². The standard InChI is InChI=1S/C10H15N3O4/c1-15-7-6-8(16-2)13-10(12-7)11-5-4-9(14)17-3/h6H,4-5H2,1-3H3,(H,11,12,13). The average Bonchev–Trinajstić information content (AvgIpc) is 2.37. The third-order valence-corrected chi connectivity index (χ3v) is 1.94. The fourth-order valence-corrected chi connectivity index (χ4v) is 1.07. The molecule has 17 heavy (non-hydrogen) atoms. The van der Waals surface area contributed by atoms with Gasteiger partial charge in [-0.1, -0.05) is 0 Å². The second-order valence-electron chi connectivity index (χ2n) is 3.03. The first kappa shape index (κ1) is 13.0. The SMILES string of the molecule is COC(=O)CCNc1nc(OC)cc(OC)n1. The summed E-state index contributed by atoms with van der Waals surface area (Å²) in [5.74, 6) is 0.812. The summed E-state index contributed by atoms with van der Waals surface area (Å²) < 4.78 is 14.5. The summed E-state index contributed by atoms with van der Waals surface area (Å²) in [6, 6.07) is 1.56. The lowest BCUT2D eigenvalue weighted by atomic mass is 10.4. The smallest absolute Gasteiger partial charge is 0.307 e. The van der Waals surface area contributed by atoms with Gasteiger partial charge >= 0.3 is 5.97 Å². The summed E-state index contributed by atoms with van der Waals surface area (Å²) in [7, 11) is 4.34. The van der Waals surface area contributed by atoms with Crippen LogP contribution < -0.4 is 14.8 Å². The predicted molar refractivity (Wildman–Crippen MR) is 60.3 cm³/mol. The number of anilines is 1. The highest BCUT2D eigenvalue weighted by atomic mass is 16.5. The van der Waals surface area contributed by atoms with Gasteiger partial charge in [-0.3, -0.25) is 4.79 Å². The third-order valence-electron chi connectivity index (χ3n) is 1.94. The number of esters is 1. The predicted octanol–water partition coefficient (Wildman–Crippen LogP) is 0.469. The summed E-state index contributed by atoms with van der Waals surface area (Å²) in [5.41, 5.74) is 0. The van der Waals surface area contributed by atoms with Gasteiger partial charge in [0.05, 0.1) is 33.8 Å². The van der Waals surface area contributed by atoms with Crippen LogP contribution in [0.3, 0.4) is 0 Å². The van der Waals surface area contributed by atoms with Crippen molar-refractivity contribution in [3.05, 3.63) is 6.07 Å². The fourth-order valence-electron chi connectivity index (χ4n) is 1.07. The number of nitrogens with zero attached hydrogens (tertiary/aromatic N) is 2. The number of methoxy groups -OCH3 is 3. The lowest BCUT2D eigenvalue weighted by Crippen LogP contribution is -2.12. The van der Waals surface area contributed by atoms with Crippen molar-refractivity contribution in [1.82, 2.24) is 9.97 Å². The molecule has 0 atom stereocenters.